The maximum absolute atomic E-state index is 13.1. The number of carbonyl (C=O) groups is 1. The van der Waals surface area contributed by atoms with E-state index in [1.165, 1.54) is 11.3 Å². The van der Waals surface area contributed by atoms with E-state index in [0.717, 1.165) is 42.9 Å². The van der Waals surface area contributed by atoms with Crippen molar-refractivity contribution in [1.29, 1.82) is 0 Å². The maximum atomic E-state index is 13.1. The average molecular weight is 416 g/mol. The Bertz CT molecular complexity index is 1040. The number of hydrogen-bond donors (Lipinski definition) is 3. The Morgan fingerprint density at radius 3 is 3.00 bits per heavy atom. The van der Waals surface area contributed by atoms with Crippen molar-refractivity contribution in [3.05, 3.63) is 24.0 Å². The van der Waals surface area contributed by atoms with E-state index < -0.39 is 0 Å². The molecule has 1 amide bonds. The number of carbonyl (C=O) groups excluding carboxylic acids is 1. The van der Waals surface area contributed by atoms with E-state index >= 15 is 0 Å². The van der Waals surface area contributed by atoms with E-state index in [-0.39, 0.29) is 11.9 Å². The summed E-state index contributed by atoms with van der Waals surface area (Å²) in [5, 5.41) is 7.74. The molecular formula is C19H25N7O2S. The summed E-state index contributed by atoms with van der Waals surface area (Å²) in [4.78, 5) is 19.7. The molecule has 3 aromatic heterocycles. The van der Waals surface area contributed by atoms with Crippen LogP contribution in [0.25, 0.3) is 10.2 Å². The van der Waals surface area contributed by atoms with E-state index in [9.17, 15) is 4.79 Å². The molecule has 4 heterocycles. The summed E-state index contributed by atoms with van der Waals surface area (Å²) in [5.74, 6) is 1.21. The van der Waals surface area contributed by atoms with Crippen molar-refractivity contribution >= 4 is 44.0 Å². The van der Waals surface area contributed by atoms with Gasteiger partial charge in [-0.15, -0.1) is 11.3 Å². The van der Waals surface area contributed by atoms with Gasteiger partial charge >= 0.3 is 0 Å². The number of hydrogen-bond acceptors (Lipinski definition) is 8. The zero-order chi connectivity index (χ0) is 20.5. The Morgan fingerprint density at radius 2 is 2.21 bits per heavy atom. The number of aryl methyl sites for hydroxylation is 1. The first-order valence-electron chi connectivity index (χ1n) is 9.54. The summed E-state index contributed by atoms with van der Waals surface area (Å²) in [6.45, 7) is 1.70. The van der Waals surface area contributed by atoms with E-state index in [1.54, 1.807) is 30.3 Å². The highest BCUT2D eigenvalue weighted by Gasteiger charge is 2.25. The van der Waals surface area contributed by atoms with Crippen LogP contribution < -0.4 is 26.4 Å². The summed E-state index contributed by atoms with van der Waals surface area (Å²) in [6, 6.07) is 1.97. The number of nitrogens with two attached hydrogens (primary N) is 2. The third-order valence-electron chi connectivity index (χ3n) is 5.24. The number of nitrogens with zero attached hydrogens (tertiary/aromatic N) is 4. The molecule has 0 aliphatic carbocycles. The Morgan fingerprint density at radius 1 is 1.38 bits per heavy atom. The monoisotopic (exact) mass is 415 g/mol. The zero-order valence-electron chi connectivity index (χ0n) is 16.5. The number of thiophene rings is 1. The molecule has 0 unspecified atom stereocenters. The number of ether oxygens (including phenoxy) is 1. The van der Waals surface area contributed by atoms with Crippen molar-refractivity contribution in [3.63, 3.8) is 0 Å². The highest BCUT2D eigenvalue weighted by molar-refractivity contribution is 7.23. The number of anilines is 3. The highest BCUT2D eigenvalue weighted by atomic mass is 32.1. The van der Waals surface area contributed by atoms with Gasteiger partial charge in [0.2, 0.25) is 0 Å². The standard InChI is InChI=1S/C19H25N7O2S/c1-25-19(26-8-3-4-11(20)6-9-26)12(10-23-25)24-18(27)14-15-16(29-17(14)21)13(28-2)5-7-22-15/h5,7,10-11H,3-4,6,8-9,20-21H2,1-2H3,(H,24,27)/t11-/m1/s1. The van der Waals surface area contributed by atoms with Gasteiger partial charge in [0.15, 0.2) is 5.82 Å². The van der Waals surface area contributed by atoms with Crippen molar-refractivity contribution < 1.29 is 9.53 Å². The first-order chi connectivity index (χ1) is 14.0. The lowest BCUT2D eigenvalue weighted by Gasteiger charge is -2.24. The molecule has 1 aliphatic heterocycles. The number of fused-ring (bicyclic) bond motifs is 1. The van der Waals surface area contributed by atoms with Crippen LogP contribution >= 0.6 is 11.3 Å². The van der Waals surface area contributed by atoms with Gasteiger partial charge < -0.3 is 26.4 Å². The Balaban J connectivity index is 1.65. The second-order valence-corrected chi connectivity index (χ2v) is 8.22. The second-order valence-electron chi connectivity index (χ2n) is 7.17. The number of methoxy groups -OCH3 is 1. The van der Waals surface area contributed by atoms with E-state index in [0.29, 0.717) is 27.5 Å². The minimum Gasteiger partial charge on any atom is -0.495 e. The first kappa shape index (κ1) is 19.5. The van der Waals surface area contributed by atoms with Crippen LogP contribution in [0.15, 0.2) is 18.5 Å². The number of pyridine rings is 1. The molecule has 10 heteroatoms. The minimum atomic E-state index is -0.310. The fraction of sp³-hybridized carbons (Fsp3) is 0.421. The van der Waals surface area contributed by atoms with E-state index in [1.807, 2.05) is 7.05 Å². The minimum absolute atomic E-state index is 0.212. The zero-order valence-corrected chi connectivity index (χ0v) is 17.3. The molecule has 0 saturated carbocycles. The van der Waals surface area contributed by atoms with Gasteiger partial charge in [0.05, 0.1) is 23.5 Å². The van der Waals surface area contributed by atoms with Gasteiger partial charge in [0.1, 0.15) is 22.0 Å². The van der Waals surface area contributed by atoms with Gasteiger partial charge in [0, 0.05) is 32.4 Å². The predicted molar refractivity (Wildman–Crippen MR) is 116 cm³/mol. The lowest BCUT2D eigenvalue weighted by atomic mass is 10.1. The largest absolute Gasteiger partial charge is 0.495 e. The van der Waals surface area contributed by atoms with Crippen molar-refractivity contribution in [2.45, 2.75) is 25.3 Å². The van der Waals surface area contributed by atoms with Crippen molar-refractivity contribution in [3.8, 4) is 5.75 Å². The third-order valence-corrected chi connectivity index (χ3v) is 6.26. The molecule has 0 aromatic carbocycles. The molecular weight excluding hydrogens is 390 g/mol. The Hall–Kier alpha value is -2.85. The molecule has 4 rings (SSSR count). The molecule has 3 aromatic rings. The molecule has 9 nitrogen and oxygen atoms in total. The highest BCUT2D eigenvalue weighted by Crippen LogP contribution is 2.38. The smallest absolute Gasteiger partial charge is 0.261 e. The molecule has 5 N–H and O–H groups in total. The van der Waals surface area contributed by atoms with Gasteiger partial charge in [-0.25, -0.2) is 0 Å². The predicted octanol–water partition coefficient (Wildman–Crippen LogP) is 2.19. The lowest BCUT2D eigenvalue weighted by Crippen LogP contribution is -2.29. The van der Waals surface area contributed by atoms with Crippen LogP contribution in [0.5, 0.6) is 5.75 Å². The van der Waals surface area contributed by atoms with Crippen molar-refractivity contribution in [1.82, 2.24) is 14.8 Å². The fourth-order valence-electron chi connectivity index (χ4n) is 3.78. The van der Waals surface area contributed by atoms with Crippen molar-refractivity contribution in [2.75, 3.05) is 36.1 Å². The molecule has 1 saturated heterocycles. The Kier molecular flexibility index (Phi) is 5.29. The SMILES string of the molecule is COc1ccnc2c(C(=O)Nc3cnn(C)c3N3CCC[C@@H](N)CC3)c(N)sc12. The second kappa shape index (κ2) is 7.88. The van der Waals surface area contributed by atoms with Crippen LogP contribution in [0, 0.1) is 0 Å². The molecule has 1 fully saturated rings. The molecule has 1 aliphatic rings. The van der Waals surface area contributed by atoms with Crippen LogP contribution in [-0.2, 0) is 7.05 Å². The van der Waals surface area contributed by atoms with Gasteiger partial charge in [-0.1, -0.05) is 0 Å². The van der Waals surface area contributed by atoms with Gasteiger partial charge in [-0.05, 0) is 25.3 Å². The third kappa shape index (κ3) is 3.60. The van der Waals surface area contributed by atoms with Crippen LogP contribution in [0.4, 0.5) is 16.5 Å². The number of nitrogens with one attached hydrogen (secondary N) is 1. The normalized spacial score (nSPS) is 17.3. The average Bonchev–Trinajstić information content (AvgIpc) is 3.14. The molecule has 1 atom stereocenters. The molecule has 29 heavy (non-hydrogen) atoms. The molecule has 0 radical (unpaired) electrons. The van der Waals surface area contributed by atoms with E-state index in [4.69, 9.17) is 16.2 Å². The summed E-state index contributed by atoms with van der Waals surface area (Å²) in [6.07, 6.45) is 6.19. The first-order valence-corrected chi connectivity index (χ1v) is 10.4. The lowest BCUT2D eigenvalue weighted by molar-refractivity contribution is 0.102. The molecule has 154 valence electrons. The van der Waals surface area contributed by atoms with Gasteiger partial charge in [-0.3, -0.25) is 14.5 Å². The number of amides is 1. The van der Waals surface area contributed by atoms with Crippen LogP contribution in [0.3, 0.4) is 0 Å². The van der Waals surface area contributed by atoms with Crippen LogP contribution in [-0.4, -0.2) is 46.9 Å². The molecule has 0 spiro atoms. The van der Waals surface area contributed by atoms with Crippen molar-refractivity contribution in [2.24, 2.45) is 12.8 Å². The van der Waals surface area contributed by atoms with Gasteiger partial charge in [-0.2, -0.15) is 5.10 Å². The summed E-state index contributed by atoms with van der Waals surface area (Å²) < 4.78 is 7.90. The number of aromatic nitrogens is 3. The van der Waals surface area contributed by atoms with Gasteiger partial charge in [0.25, 0.3) is 5.91 Å². The quantitative estimate of drug-likeness (QED) is 0.596. The summed E-state index contributed by atoms with van der Waals surface area (Å²) >= 11 is 1.29. The maximum Gasteiger partial charge on any atom is 0.261 e. The number of rotatable bonds is 4. The topological polar surface area (TPSA) is 124 Å². The van der Waals surface area contributed by atoms with Crippen LogP contribution in [0.2, 0.25) is 0 Å². The summed E-state index contributed by atoms with van der Waals surface area (Å²) in [5.41, 5.74) is 13.8. The Labute approximate surface area is 172 Å². The summed E-state index contributed by atoms with van der Waals surface area (Å²) in [7, 11) is 3.45. The molecule has 0 bridgehead atoms. The fourth-order valence-corrected chi connectivity index (χ4v) is 4.79. The van der Waals surface area contributed by atoms with E-state index in [2.05, 4.69) is 20.3 Å². The van der Waals surface area contributed by atoms with Crippen LogP contribution in [0.1, 0.15) is 29.6 Å². The number of nitrogen functional groups attached to an aromatic ring is 1.